The summed E-state index contributed by atoms with van der Waals surface area (Å²) in [6.07, 6.45) is 0.997. The minimum atomic E-state index is -4.81. The summed E-state index contributed by atoms with van der Waals surface area (Å²) in [5.41, 5.74) is -1.34. The maximum absolute atomic E-state index is 13.6. The van der Waals surface area contributed by atoms with Crippen molar-refractivity contribution in [3.05, 3.63) is 69.9 Å². The Bertz CT molecular complexity index is 1370. The smallest absolute Gasteiger partial charge is 0.423 e. The number of anilines is 2. The number of rotatable bonds is 6. The summed E-state index contributed by atoms with van der Waals surface area (Å²) >= 11 is 0. The van der Waals surface area contributed by atoms with Crippen molar-refractivity contribution >= 4 is 17.5 Å². The molecule has 39 heavy (non-hydrogen) atoms. The molecule has 13 heteroatoms. The average molecular weight is 544 g/mol. The Morgan fingerprint density at radius 1 is 1.10 bits per heavy atom. The monoisotopic (exact) mass is 543 g/mol. The standard InChI is InChI=1S/C26H28F3N7O3/c1-17-13-30-25(31-14-17)35-10-8-34(9-11-35)24(38)18-4-2-6-20(12-18)39-16-19-5-3-7-36(19)21-15-32-33-23(37)22(21)26(27,28)29/h2,4,6,12-15,19H,3,5,7-11,16H2,1H3,(H,33,37)/t19-/m0/s1. The van der Waals surface area contributed by atoms with Crippen LogP contribution in [0.2, 0.25) is 0 Å². The maximum Gasteiger partial charge on any atom is 0.423 e. The fourth-order valence-electron chi connectivity index (χ4n) is 4.96. The van der Waals surface area contributed by atoms with Crippen LogP contribution in [0.1, 0.15) is 34.3 Å². The average Bonchev–Trinajstić information content (AvgIpc) is 3.40. The van der Waals surface area contributed by atoms with E-state index in [2.05, 4.69) is 15.1 Å². The highest BCUT2D eigenvalue weighted by atomic mass is 19.4. The number of hydrogen-bond donors (Lipinski definition) is 1. The van der Waals surface area contributed by atoms with Gasteiger partial charge in [0, 0.05) is 50.7 Å². The Labute approximate surface area is 222 Å². The first-order valence-corrected chi connectivity index (χ1v) is 12.7. The second-order valence-corrected chi connectivity index (χ2v) is 9.63. The highest BCUT2D eigenvalue weighted by Crippen LogP contribution is 2.36. The van der Waals surface area contributed by atoms with E-state index in [0.717, 1.165) is 11.8 Å². The normalized spacial score (nSPS) is 17.9. The summed E-state index contributed by atoms with van der Waals surface area (Å²) < 4.78 is 46.7. The Kier molecular flexibility index (Phi) is 7.40. The molecule has 2 saturated heterocycles. The number of nitrogens with one attached hydrogen (secondary N) is 1. The number of alkyl halides is 3. The van der Waals surface area contributed by atoms with Gasteiger partial charge in [-0.1, -0.05) is 6.07 Å². The molecule has 0 saturated carbocycles. The van der Waals surface area contributed by atoms with E-state index in [4.69, 9.17) is 4.74 Å². The van der Waals surface area contributed by atoms with Gasteiger partial charge >= 0.3 is 6.18 Å². The number of aromatic nitrogens is 4. The van der Waals surface area contributed by atoms with Crippen LogP contribution in [0.15, 0.2) is 47.7 Å². The van der Waals surface area contributed by atoms with Crippen molar-refractivity contribution in [2.24, 2.45) is 0 Å². The first-order valence-electron chi connectivity index (χ1n) is 12.7. The molecule has 2 fully saturated rings. The van der Waals surface area contributed by atoms with Gasteiger partial charge in [-0.15, -0.1) is 0 Å². The molecule has 1 aromatic carbocycles. The number of carbonyl (C=O) groups is 1. The van der Waals surface area contributed by atoms with Gasteiger partial charge in [0.25, 0.3) is 11.5 Å². The van der Waals surface area contributed by atoms with Crippen molar-refractivity contribution in [3.63, 3.8) is 0 Å². The van der Waals surface area contributed by atoms with Crippen LogP contribution >= 0.6 is 0 Å². The summed E-state index contributed by atoms with van der Waals surface area (Å²) in [6, 6.07) is 6.40. The fourth-order valence-corrected chi connectivity index (χ4v) is 4.96. The quantitative estimate of drug-likeness (QED) is 0.506. The summed E-state index contributed by atoms with van der Waals surface area (Å²) in [4.78, 5) is 39.1. The van der Waals surface area contributed by atoms with E-state index in [9.17, 15) is 22.8 Å². The van der Waals surface area contributed by atoms with Crippen molar-refractivity contribution in [1.29, 1.82) is 0 Å². The lowest BCUT2D eigenvalue weighted by molar-refractivity contribution is -0.138. The van der Waals surface area contributed by atoms with Gasteiger partial charge in [0.2, 0.25) is 5.95 Å². The molecule has 5 rings (SSSR count). The van der Waals surface area contributed by atoms with Crippen LogP contribution in [0.5, 0.6) is 5.75 Å². The van der Waals surface area contributed by atoms with Gasteiger partial charge in [-0.3, -0.25) is 9.59 Å². The third kappa shape index (κ3) is 5.81. The maximum atomic E-state index is 13.6. The van der Waals surface area contributed by atoms with Crippen LogP contribution < -0.4 is 20.1 Å². The van der Waals surface area contributed by atoms with Gasteiger partial charge in [-0.2, -0.15) is 18.3 Å². The van der Waals surface area contributed by atoms with E-state index < -0.39 is 17.3 Å². The zero-order chi connectivity index (χ0) is 27.6. The Morgan fingerprint density at radius 3 is 2.56 bits per heavy atom. The molecule has 0 spiro atoms. The molecule has 2 aromatic heterocycles. The van der Waals surface area contributed by atoms with Crippen LogP contribution in [-0.2, 0) is 6.18 Å². The summed E-state index contributed by atoms with van der Waals surface area (Å²) in [5.74, 6) is 0.957. The molecule has 4 heterocycles. The van der Waals surface area contributed by atoms with Crippen LogP contribution in [0.3, 0.4) is 0 Å². The van der Waals surface area contributed by atoms with Gasteiger partial charge in [0.1, 0.15) is 17.9 Å². The van der Waals surface area contributed by atoms with E-state index in [1.807, 2.05) is 16.9 Å². The van der Waals surface area contributed by atoms with Crippen molar-refractivity contribution < 1.29 is 22.7 Å². The van der Waals surface area contributed by atoms with E-state index in [1.165, 1.54) is 4.90 Å². The molecule has 2 aliphatic heterocycles. The largest absolute Gasteiger partial charge is 0.491 e. The molecule has 1 atom stereocenters. The zero-order valence-electron chi connectivity index (χ0n) is 21.3. The van der Waals surface area contributed by atoms with Crippen molar-refractivity contribution in [3.8, 4) is 5.75 Å². The first kappa shape index (κ1) is 26.4. The number of halogens is 3. The minimum absolute atomic E-state index is 0.0942. The molecular weight excluding hydrogens is 515 g/mol. The third-order valence-electron chi connectivity index (χ3n) is 6.95. The molecule has 206 valence electrons. The number of H-pyrrole nitrogens is 1. The van der Waals surface area contributed by atoms with E-state index in [1.54, 1.807) is 41.6 Å². The van der Waals surface area contributed by atoms with E-state index in [-0.39, 0.29) is 24.2 Å². The number of benzene rings is 1. The van der Waals surface area contributed by atoms with E-state index >= 15 is 0 Å². The van der Waals surface area contributed by atoms with Gasteiger partial charge in [-0.05, 0) is 43.5 Å². The van der Waals surface area contributed by atoms with Gasteiger partial charge in [0.15, 0.2) is 0 Å². The lowest BCUT2D eigenvalue weighted by atomic mass is 10.1. The summed E-state index contributed by atoms with van der Waals surface area (Å²) in [7, 11) is 0. The lowest BCUT2D eigenvalue weighted by Crippen LogP contribution is -2.49. The number of nitrogens with zero attached hydrogens (tertiary/aromatic N) is 6. The van der Waals surface area contributed by atoms with Crippen molar-refractivity contribution in [2.75, 3.05) is 49.1 Å². The van der Waals surface area contributed by atoms with Gasteiger partial charge in [-0.25, -0.2) is 15.1 Å². The third-order valence-corrected chi connectivity index (χ3v) is 6.95. The molecule has 10 nitrogen and oxygen atoms in total. The number of aryl methyl sites for hydroxylation is 1. The number of aromatic amines is 1. The molecule has 0 radical (unpaired) electrons. The zero-order valence-corrected chi connectivity index (χ0v) is 21.3. The molecule has 0 unspecified atom stereocenters. The Balaban J connectivity index is 1.22. The molecule has 0 bridgehead atoms. The highest BCUT2D eigenvalue weighted by molar-refractivity contribution is 5.94. The van der Waals surface area contributed by atoms with Crippen LogP contribution in [0, 0.1) is 6.92 Å². The number of amides is 1. The van der Waals surface area contributed by atoms with E-state index in [0.29, 0.717) is 62.8 Å². The van der Waals surface area contributed by atoms with Crippen LogP contribution in [0.25, 0.3) is 0 Å². The number of carbonyl (C=O) groups excluding carboxylic acids is 1. The Hall–Kier alpha value is -4.16. The van der Waals surface area contributed by atoms with Crippen LogP contribution in [0.4, 0.5) is 24.8 Å². The molecule has 1 amide bonds. The predicted octanol–water partition coefficient (Wildman–Crippen LogP) is 2.90. The van der Waals surface area contributed by atoms with Gasteiger partial charge < -0.3 is 19.4 Å². The molecular formula is C26H28F3N7O3. The van der Waals surface area contributed by atoms with Crippen molar-refractivity contribution in [2.45, 2.75) is 32.0 Å². The second-order valence-electron chi connectivity index (χ2n) is 9.63. The van der Waals surface area contributed by atoms with Gasteiger partial charge in [0.05, 0.1) is 17.9 Å². The first-order chi connectivity index (χ1) is 18.7. The topological polar surface area (TPSA) is 108 Å². The predicted molar refractivity (Wildman–Crippen MR) is 137 cm³/mol. The van der Waals surface area contributed by atoms with Crippen LogP contribution in [-0.4, -0.2) is 76.3 Å². The number of hydrogen-bond acceptors (Lipinski definition) is 8. The molecule has 1 N–H and O–H groups in total. The Morgan fingerprint density at radius 2 is 1.85 bits per heavy atom. The molecule has 0 aliphatic carbocycles. The minimum Gasteiger partial charge on any atom is -0.491 e. The highest BCUT2D eigenvalue weighted by Gasteiger charge is 2.40. The molecule has 2 aliphatic rings. The fraction of sp³-hybridized carbons (Fsp3) is 0.423. The lowest BCUT2D eigenvalue weighted by Gasteiger charge is -2.34. The van der Waals surface area contributed by atoms with Crippen molar-refractivity contribution in [1.82, 2.24) is 25.1 Å². The summed E-state index contributed by atoms with van der Waals surface area (Å²) in [6.45, 7) is 4.62. The second kappa shape index (κ2) is 10.9. The molecule has 3 aromatic rings. The number of piperazine rings is 1. The SMILES string of the molecule is Cc1cnc(N2CCN(C(=O)c3cccc(OC[C@@H]4CCCN4c4cn[nH]c(=O)c4C(F)(F)F)c3)CC2)nc1. The summed E-state index contributed by atoms with van der Waals surface area (Å²) in [5, 5.41) is 5.46. The number of ether oxygens (including phenoxy) is 1.